The molecule has 2 unspecified atom stereocenters. The lowest BCUT2D eigenvalue weighted by Crippen LogP contribution is -2.39. The molecule has 1 saturated carbocycles. The summed E-state index contributed by atoms with van der Waals surface area (Å²) in [5, 5.41) is 25.2. The molecule has 1 aliphatic rings. The first-order chi connectivity index (χ1) is 9.72. The molecular formula is C14H22N4O2. The summed E-state index contributed by atoms with van der Waals surface area (Å²) in [7, 11) is 0. The first-order valence-electron chi connectivity index (χ1n) is 7.05. The SMILES string of the molecule is N/C(=N/O)c1ncccc1CNC1CCCCCC1O. The molecular weight excluding hydrogens is 256 g/mol. The van der Waals surface area contributed by atoms with Gasteiger partial charge >= 0.3 is 0 Å². The number of hydrogen-bond donors (Lipinski definition) is 4. The average molecular weight is 278 g/mol. The van der Waals surface area contributed by atoms with E-state index in [1.54, 1.807) is 6.20 Å². The van der Waals surface area contributed by atoms with Gasteiger partial charge in [0.25, 0.3) is 0 Å². The maximum absolute atomic E-state index is 10.1. The van der Waals surface area contributed by atoms with Gasteiger partial charge in [0, 0.05) is 18.8 Å². The number of rotatable bonds is 4. The van der Waals surface area contributed by atoms with Gasteiger partial charge < -0.3 is 21.4 Å². The summed E-state index contributed by atoms with van der Waals surface area (Å²) < 4.78 is 0. The molecule has 1 aliphatic carbocycles. The number of nitrogens with one attached hydrogen (secondary N) is 1. The van der Waals surface area contributed by atoms with Crippen molar-refractivity contribution in [3.63, 3.8) is 0 Å². The minimum Gasteiger partial charge on any atom is -0.409 e. The Hall–Kier alpha value is -1.66. The van der Waals surface area contributed by atoms with Crippen LogP contribution in [-0.2, 0) is 6.54 Å². The van der Waals surface area contributed by atoms with Crippen LogP contribution in [0.2, 0.25) is 0 Å². The fourth-order valence-corrected chi connectivity index (χ4v) is 2.63. The van der Waals surface area contributed by atoms with Crippen molar-refractivity contribution in [2.24, 2.45) is 10.9 Å². The minimum absolute atomic E-state index is 0.00353. The highest BCUT2D eigenvalue weighted by Gasteiger charge is 2.21. The molecule has 2 atom stereocenters. The number of aliphatic hydroxyl groups excluding tert-OH is 1. The molecule has 6 nitrogen and oxygen atoms in total. The smallest absolute Gasteiger partial charge is 0.189 e. The van der Waals surface area contributed by atoms with E-state index >= 15 is 0 Å². The van der Waals surface area contributed by atoms with Gasteiger partial charge in [0.1, 0.15) is 5.69 Å². The summed E-state index contributed by atoms with van der Waals surface area (Å²) in [6, 6.07) is 3.79. The largest absolute Gasteiger partial charge is 0.409 e. The van der Waals surface area contributed by atoms with Crippen LogP contribution in [0.5, 0.6) is 0 Å². The van der Waals surface area contributed by atoms with Crippen LogP contribution < -0.4 is 11.1 Å². The fourth-order valence-electron chi connectivity index (χ4n) is 2.63. The molecule has 20 heavy (non-hydrogen) atoms. The summed E-state index contributed by atoms with van der Waals surface area (Å²) >= 11 is 0. The molecule has 0 spiro atoms. The molecule has 0 radical (unpaired) electrons. The molecule has 6 heteroatoms. The van der Waals surface area contributed by atoms with Crippen LogP contribution in [0.1, 0.15) is 43.4 Å². The fraction of sp³-hybridized carbons (Fsp3) is 0.571. The Morgan fingerprint density at radius 1 is 1.40 bits per heavy atom. The Morgan fingerprint density at radius 3 is 3.00 bits per heavy atom. The zero-order valence-electron chi connectivity index (χ0n) is 11.5. The molecule has 1 fully saturated rings. The highest BCUT2D eigenvalue weighted by Crippen LogP contribution is 2.18. The molecule has 1 heterocycles. The van der Waals surface area contributed by atoms with Crippen molar-refractivity contribution in [1.82, 2.24) is 10.3 Å². The van der Waals surface area contributed by atoms with Gasteiger partial charge in [0.2, 0.25) is 0 Å². The Kier molecular flexibility index (Phi) is 5.31. The van der Waals surface area contributed by atoms with Gasteiger partial charge in [-0.3, -0.25) is 4.98 Å². The number of aliphatic hydroxyl groups is 1. The van der Waals surface area contributed by atoms with Crippen molar-refractivity contribution in [3.05, 3.63) is 29.6 Å². The Labute approximate surface area is 118 Å². The van der Waals surface area contributed by atoms with Crippen molar-refractivity contribution in [2.75, 3.05) is 0 Å². The highest BCUT2D eigenvalue weighted by molar-refractivity contribution is 5.96. The van der Waals surface area contributed by atoms with E-state index in [-0.39, 0.29) is 18.0 Å². The normalized spacial score (nSPS) is 24.4. The van der Waals surface area contributed by atoms with Crippen LogP contribution in [-0.4, -0.2) is 33.3 Å². The van der Waals surface area contributed by atoms with E-state index in [1.807, 2.05) is 12.1 Å². The van der Waals surface area contributed by atoms with Gasteiger partial charge in [-0.2, -0.15) is 0 Å². The number of oxime groups is 1. The number of amidine groups is 1. The lowest BCUT2D eigenvalue weighted by Gasteiger charge is -2.22. The predicted octanol–water partition coefficient (Wildman–Crippen LogP) is 0.959. The van der Waals surface area contributed by atoms with Gasteiger partial charge in [-0.15, -0.1) is 0 Å². The van der Waals surface area contributed by atoms with Crippen molar-refractivity contribution in [2.45, 2.75) is 50.8 Å². The van der Waals surface area contributed by atoms with Crippen LogP contribution >= 0.6 is 0 Å². The van der Waals surface area contributed by atoms with Crippen LogP contribution in [0.3, 0.4) is 0 Å². The van der Waals surface area contributed by atoms with E-state index in [2.05, 4.69) is 15.5 Å². The number of hydrogen-bond acceptors (Lipinski definition) is 5. The molecule has 110 valence electrons. The molecule has 2 rings (SSSR count). The minimum atomic E-state index is -0.304. The van der Waals surface area contributed by atoms with E-state index in [0.717, 1.165) is 31.2 Å². The van der Waals surface area contributed by atoms with Crippen molar-refractivity contribution >= 4 is 5.84 Å². The maximum atomic E-state index is 10.1. The second-order valence-electron chi connectivity index (χ2n) is 5.19. The number of nitrogens with two attached hydrogens (primary N) is 1. The summed E-state index contributed by atoms with van der Waals surface area (Å²) in [5.41, 5.74) is 6.95. The molecule has 1 aromatic heterocycles. The molecule has 0 aliphatic heterocycles. The summed E-state index contributed by atoms with van der Waals surface area (Å²) in [6.45, 7) is 0.543. The molecule has 0 amide bonds. The molecule has 0 bridgehead atoms. The van der Waals surface area contributed by atoms with Gasteiger partial charge in [-0.1, -0.05) is 30.5 Å². The lowest BCUT2D eigenvalue weighted by atomic mass is 10.1. The zero-order valence-corrected chi connectivity index (χ0v) is 11.5. The maximum Gasteiger partial charge on any atom is 0.189 e. The third-order valence-electron chi connectivity index (χ3n) is 3.78. The van der Waals surface area contributed by atoms with Crippen molar-refractivity contribution in [1.29, 1.82) is 0 Å². The number of pyridine rings is 1. The third-order valence-corrected chi connectivity index (χ3v) is 3.78. The second-order valence-corrected chi connectivity index (χ2v) is 5.19. The predicted molar refractivity (Wildman–Crippen MR) is 76.5 cm³/mol. The standard InChI is InChI=1S/C14H22N4O2/c15-14(18-20)13-10(5-4-8-16-13)9-17-11-6-2-1-3-7-12(11)19/h4-5,8,11-12,17,19-20H,1-3,6-7,9H2,(H2,15,18). The van der Waals surface area contributed by atoms with Crippen molar-refractivity contribution < 1.29 is 10.3 Å². The van der Waals surface area contributed by atoms with Crippen LogP contribution in [0.25, 0.3) is 0 Å². The van der Waals surface area contributed by atoms with Gasteiger partial charge in [0.15, 0.2) is 5.84 Å². The lowest BCUT2D eigenvalue weighted by molar-refractivity contribution is 0.119. The molecule has 0 aromatic carbocycles. The highest BCUT2D eigenvalue weighted by atomic mass is 16.4. The summed E-state index contributed by atoms with van der Waals surface area (Å²) in [5.74, 6) is 0.00353. The monoisotopic (exact) mass is 278 g/mol. The van der Waals surface area contributed by atoms with E-state index in [1.165, 1.54) is 6.42 Å². The first-order valence-corrected chi connectivity index (χ1v) is 7.05. The Morgan fingerprint density at radius 2 is 2.20 bits per heavy atom. The number of aromatic nitrogens is 1. The van der Waals surface area contributed by atoms with Gasteiger partial charge in [-0.25, -0.2) is 0 Å². The van der Waals surface area contributed by atoms with Crippen LogP contribution in [0.15, 0.2) is 23.5 Å². The molecule has 5 N–H and O–H groups in total. The third kappa shape index (κ3) is 3.68. The molecule has 1 aromatic rings. The van der Waals surface area contributed by atoms with Crippen LogP contribution in [0.4, 0.5) is 0 Å². The second kappa shape index (κ2) is 7.21. The topological polar surface area (TPSA) is 104 Å². The van der Waals surface area contributed by atoms with Gasteiger partial charge in [-0.05, 0) is 24.5 Å². The van der Waals surface area contributed by atoms with E-state index in [9.17, 15) is 5.11 Å². The summed E-state index contributed by atoms with van der Waals surface area (Å²) in [6.07, 6.45) is 6.52. The van der Waals surface area contributed by atoms with E-state index in [4.69, 9.17) is 10.9 Å². The quantitative estimate of drug-likeness (QED) is 0.216. The van der Waals surface area contributed by atoms with Crippen LogP contribution in [0, 0.1) is 0 Å². The zero-order chi connectivity index (χ0) is 14.4. The first kappa shape index (κ1) is 14.7. The van der Waals surface area contributed by atoms with E-state index in [0.29, 0.717) is 12.2 Å². The van der Waals surface area contributed by atoms with E-state index < -0.39 is 0 Å². The summed E-state index contributed by atoms with van der Waals surface area (Å²) in [4.78, 5) is 4.13. The average Bonchev–Trinajstić information content (AvgIpc) is 2.69. The van der Waals surface area contributed by atoms with Crippen molar-refractivity contribution in [3.8, 4) is 0 Å². The Balaban J connectivity index is 2.03. The Bertz CT molecular complexity index is 464. The number of nitrogens with zero attached hydrogens (tertiary/aromatic N) is 2. The van der Waals surface area contributed by atoms with Gasteiger partial charge in [0.05, 0.1) is 6.10 Å². The molecule has 0 saturated heterocycles.